The van der Waals surface area contributed by atoms with Crippen molar-refractivity contribution in [2.24, 2.45) is 0 Å². The van der Waals surface area contributed by atoms with Gasteiger partial charge >= 0.3 is 0 Å². The number of halogens is 2. The van der Waals surface area contributed by atoms with Crippen molar-refractivity contribution >= 4 is 17.5 Å². The lowest BCUT2D eigenvalue weighted by atomic mass is 9.38. The molecule has 9 heteroatoms. The molecule has 6 rings (SSSR count). The summed E-state index contributed by atoms with van der Waals surface area (Å²) in [6.45, 7) is -0.171. The molecule has 4 fully saturated rings. The third-order valence-corrected chi connectivity index (χ3v) is 6.47. The van der Waals surface area contributed by atoms with E-state index in [1.54, 1.807) is 4.80 Å². The summed E-state index contributed by atoms with van der Waals surface area (Å²) in [5.74, 6) is -0.537. The highest BCUT2D eigenvalue weighted by Crippen LogP contribution is 2.67. The van der Waals surface area contributed by atoms with Crippen LogP contribution in [0.2, 0.25) is 5.02 Å². The molecule has 7 nitrogen and oxygen atoms in total. The Morgan fingerprint density at radius 2 is 2.14 bits per heavy atom. The molecule has 4 aliphatic carbocycles. The number of aliphatic hydroxyl groups is 1. The van der Waals surface area contributed by atoms with Crippen LogP contribution < -0.4 is 10.1 Å². The van der Waals surface area contributed by atoms with Crippen molar-refractivity contribution in [3.05, 3.63) is 40.9 Å². The lowest BCUT2D eigenvalue weighted by molar-refractivity contribution is -0.140. The predicted octanol–water partition coefficient (Wildman–Crippen LogP) is 2.14. The molecular weight excluding hydrogens is 387 g/mol. The summed E-state index contributed by atoms with van der Waals surface area (Å²) >= 11 is 5.63. The number of carbonyl (C=O) groups is 1. The van der Waals surface area contributed by atoms with Crippen LogP contribution in [-0.2, 0) is 10.2 Å². The molecule has 2 N–H and O–H groups in total. The highest BCUT2D eigenvalue weighted by atomic mass is 35.5. The van der Waals surface area contributed by atoms with Gasteiger partial charge in [-0.15, -0.1) is 0 Å². The SMILES string of the molecule is O=C(COc1ccc(Cl)c(F)c1)NC12CC(c3cnn([C@H]4C[C@@H](O)C4)n3)(C1)C2. The smallest absolute Gasteiger partial charge is 0.258 e. The van der Waals surface area contributed by atoms with Crippen LogP contribution in [0.25, 0.3) is 0 Å². The molecule has 0 spiro atoms. The standard InChI is InChI=1S/C19H20ClFN4O3/c20-14-2-1-13(5-15(14)21)28-7-17(27)23-19-8-18(9-19,10-19)16-6-22-25(24-16)11-3-12(26)4-11/h1-2,5-6,11-12,26H,3-4,7-10H2,(H,23,27)/t11-,12+,18?,19?. The van der Waals surface area contributed by atoms with Crippen molar-refractivity contribution in [1.29, 1.82) is 0 Å². The van der Waals surface area contributed by atoms with Gasteiger partial charge in [-0.3, -0.25) is 4.79 Å². The number of aliphatic hydroxyl groups excluding tert-OH is 1. The molecule has 1 aromatic heterocycles. The summed E-state index contributed by atoms with van der Waals surface area (Å²) in [7, 11) is 0. The van der Waals surface area contributed by atoms with Gasteiger partial charge in [0.15, 0.2) is 6.61 Å². The monoisotopic (exact) mass is 406 g/mol. The molecule has 0 saturated heterocycles. The number of amides is 1. The van der Waals surface area contributed by atoms with Crippen molar-refractivity contribution < 1.29 is 19.0 Å². The van der Waals surface area contributed by atoms with E-state index in [0.717, 1.165) is 31.0 Å². The van der Waals surface area contributed by atoms with E-state index in [1.807, 2.05) is 6.20 Å². The van der Waals surface area contributed by atoms with Gasteiger partial charge in [0.2, 0.25) is 0 Å². The molecule has 1 heterocycles. The number of nitrogens with one attached hydrogen (secondary N) is 1. The number of carbonyl (C=O) groups excluding carboxylic acids is 1. The minimum atomic E-state index is -0.578. The first-order valence-electron chi connectivity index (χ1n) is 9.36. The molecule has 4 saturated carbocycles. The minimum Gasteiger partial charge on any atom is -0.484 e. The maximum atomic E-state index is 13.4. The van der Waals surface area contributed by atoms with Crippen LogP contribution in [0.15, 0.2) is 24.4 Å². The Balaban J connectivity index is 1.12. The van der Waals surface area contributed by atoms with E-state index < -0.39 is 5.82 Å². The van der Waals surface area contributed by atoms with Crippen LogP contribution >= 0.6 is 11.6 Å². The van der Waals surface area contributed by atoms with Crippen molar-refractivity contribution in [1.82, 2.24) is 20.3 Å². The van der Waals surface area contributed by atoms with E-state index in [9.17, 15) is 14.3 Å². The highest BCUT2D eigenvalue weighted by molar-refractivity contribution is 6.30. The maximum absolute atomic E-state index is 13.4. The molecule has 0 atom stereocenters. The summed E-state index contributed by atoms with van der Waals surface area (Å²) in [5, 5.41) is 21.4. The fourth-order valence-electron chi connectivity index (χ4n) is 4.68. The van der Waals surface area contributed by atoms with Crippen LogP contribution in [0.5, 0.6) is 5.75 Å². The molecule has 148 valence electrons. The van der Waals surface area contributed by atoms with Crippen LogP contribution in [-0.4, -0.2) is 44.3 Å². The van der Waals surface area contributed by atoms with E-state index in [4.69, 9.17) is 16.3 Å². The summed E-state index contributed by atoms with van der Waals surface area (Å²) in [4.78, 5) is 13.9. The number of ether oxygens (including phenoxy) is 1. The fourth-order valence-corrected chi connectivity index (χ4v) is 4.80. The number of hydrogen-bond donors (Lipinski definition) is 2. The van der Waals surface area contributed by atoms with E-state index in [1.165, 1.54) is 12.1 Å². The first-order valence-corrected chi connectivity index (χ1v) is 9.74. The van der Waals surface area contributed by atoms with E-state index in [2.05, 4.69) is 15.5 Å². The second kappa shape index (κ2) is 6.15. The average molecular weight is 407 g/mol. The number of nitrogens with zero attached hydrogens (tertiary/aromatic N) is 3. The largest absolute Gasteiger partial charge is 0.484 e. The topological polar surface area (TPSA) is 89.3 Å². The van der Waals surface area contributed by atoms with Gasteiger partial charge in [-0.25, -0.2) is 4.39 Å². The Hall–Kier alpha value is -2.19. The van der Waals surface area contributed by atoms with Crippen LogP contribution in [0.3, 0.4) is 0 Å². The third-order valence-electron chi connectivity index (χ3n) is 6.16. The normalized spacial score (nSPS) is 32.7. The molecule has 1 amide bonds. The Morgan fingerprint density at radius 1 is 1.39 bits per heavy atom. The zero-order chi connectivity index (χ0) is 19.5. The predicted molar refractivity (Wildman–Crippen MR) is 97.6 cm³/mol. The lowest BCUT2D eigenvalue weighted by Crippen LogP contribution is -2.77. The molecule has 2 bridgehead atoms. The molecule has 0 unspecified atom stereocenters. The second-order valence-electron chi connectivity index (χ2n) is 8.33. The number of aromatic nitrogens is 3. The molecule has 28 heavy (non-hydrogen) atoms. The van der Waals surface area contributed by atoms with Gasteiger partial charge in [-0.1, -0.05) is 11.6 Å². The first-order chi connectivity index (χ1) is 13.4. The number of benzene rings is 1. The molecule has 0 aliphatic heterocycles. The number of rotatable bonds is 6. The van der Waals surface area contributed by atoms with Crippen LogP contribution in [0.1, 0.15) is 43.8 Å². The molecule has 0 radical (unpaired) electrons. The van der Waals surface area contributed by atoms with E-state index in [0.29, 0.717) is 12.8 Å². The van der Waals surface area contributed by atoms with Crippen LogP contribution in [0, 0.1) is 5.82 Å². The molecule has 4 aliphatic rings. The van der Waals surface area contributed by atoms with Gasteiger partial charge in [-0.05, 0) is 44.2 Å². The third kappa shape index (κ3) is 2.86. The first kappa shape index (κ1) is 17.9. The molecular formula is C19H20ClFN4O3. The van der Waals surface area contributed by atoms with E-state index >= 15 is 0 Å². The van der Waals surface area contributed by atoms with Gasteiger partial charge in [0.05, 0.1) is 29.1 Å². The summed E-state index contributed by atoms with van der Waals surface area (Å²) < 4.78 is 18.8. The molecule has 2 aromatic rings. The number of hydrogen-bond acceptors (Lipinski definition) is 5. The summed E-state index contributed by atoms with van der Waals surface area (Å²) in [5.41, 5.74) is 0.786. The zero-order valence-corrected chi connectivity index (χ0v) is 15.8. The van der Waals surface area contributed by atoms with Crippen molar-refractivity contribution in [2.75, 3.05) is 6.61 Å². The Kier molecular flexibility index (Phi) is 3.93. The zero-order valence-electron chi connectivity index (χ0n) is 15.1. The average Bonchev–Trinajstić information content (AvgIpc) is 3.04. The van der Waals surface area contributed by atoms with Crippen molar-refractivity contribution in [3.63, 3.8) is 0 Å². The highest BCUT2D eigenvalue weighted by Gasteiger charge is 2.70. The lowest BCUT2D eigenvalue weighted by Gasteiger charge is -2.69. The van der Waals surface area contributed by atoms with Gasteiger partial charge in [0.1, 0.15) is 11.6 Å². The van der Waals surface area contributed by atoms with Gasteiger partial charge in [0.25, 0.3) is 5.91 Å². The van der Waals surface area contributed by atoms with Gasteiger partial charge in [0, 0.05) is 17.0 Å². The van der Waals surface area contributed by atoms with Crippen molar-refractivity contribution in [3.8, 4) is 5.75 Å². The second-order valence-corrected chi connectivity index (χ2v) is 8.74. The fraction of sp³-hybridized carbons (Fsp3) is 0.526. The quantitative estimate of drug-likeness (QED) is 0.767. The molecule has 1 aromatic carbocycles. The summed E-state index contributed by atoms with van der Waals surface area (Å²) in [6.07, 6.45) is 5.51. The van der Waals surface area contributed by atoms with Crippen LogP contribution in [0.4, 0.5) is 4.39 Å². The van der Waals surface area contributed by atoms with Crippen molar-refractivity contribution in [2.45, 2.75) is 55.2 Å². The Morgan fingerprint density at radius 3 is 2.82 bits per heavy atom. The Labute approximate surface area is 165 Å². The minimum absolute atomic E-state index is 0.00799. The van der Waals surface area contributed by atoms with Gasteiger partial charge < -0.3 is 15.2 Å². The maximum Gasteiger partial charge on any atom is 0.258 e. The Bertz CT molecular complexity index is 923. The summed E-state index contributed by atoms with van der Waals surface area (Å²) in [6, 6.07) is 4.28. The van der Waals surface area contributed by atoms with E-state index in [-0.39, 0.29) is 46.4 Å². The van der Waals surface area contributed by atoms with Gasteiger partial charge in [-0.2, -0.15) is 15.0 Å².